The minimum Gasteiger partial charge on any atom is -0.491 e. The summed E-state index contributed by atoms with van der Waals surface area (Å²) in [6, 6.07) is 9.44. The lowest BCUT2D eigenvalue weighted by Gasteiger charge is -2.17. The summed E-state index contributed by atoms with van der Waals surface area (Å²) < 4.78 is 4.40. The van der Waals surface area contributed by atoms with E-state index < -0.39 is 3.79 Å². The molecule has 6 heteroatoms. The van der Waals surface area contributed by atoms with Crippen molar-refractivity contribution in [1.29, 1.82) is 0 Å². The first-order chi connectivity index (χ1) is 10.5. The predicted molar refractivity (Wildman–Crippen MR) is 92.1 cm³/mol. The summed E-state index contributed by atoms with van der Waals surface area (Å²) >= 11 is 17.9. The van der Waals surface area contributed by atoms with Crippen LogP contribution in [0.25, 0.3) is 10.9 Å². The molecule has 1 aromatic carbocycles. The van der Waals surface area contributed by atoms with Crippen LogP contribution in [0.4, 0.5) is 0 Å². The highest BCUT2D eigenvalue weighted by molar-refractivity contribution is 6.66. The third kappa shape index (κ3) is 3.77. The van der Waals surface area contributed by atoms with Crippen molar-refractivity contribution in [2.45, 2.75) is 16.6 Å². The maximum atomic E-state index is 5.97. The number of alkyl halides is 3. The van der Waals surface area contributed by atoms with Crippen molar-refractivity contribution in [3.8, 4) is 5.75 Å². The van der Waals surface area contributed by atoms with E-state index in [2.05, 4.69) is 9.88 Å². The molecule has 0 saturated carbocycles. The summed E-state index contributed by atoms with van der Waals surface area (Å²) in [5.74, 6) is 0.714. The Morgan fingerprint density at radius 1 is 1.14 bits per heavy atom. The number of hydrogen-bond acceptors (Lipinski definition) is 3. The van der Waals surface area contributed by atoms with Crippen molar-refractivity contribution >= 4 is 45.7 Å². The van der Waals surface area contributed by atoms with E-state index >= 15 is 0 Å². The number of hydrogen-bond donors (Lipinski definition) is 0. The number of benzene rings is 1. The van der Waals surface area contributed by atoms with Gasteiger partial charge in [-0.05, 0) is 38.1 Å². The van der Waals surface area contributed by atoms with E-state index in [0.717, 1.165) is 30.5 Å². The van der Waals surface area contributed by atoms with Crippen molar-refractivity contribution in [3.63, 3.8) is 0 Å². The van der Waals surface area contributed by atoms with Crippen molar-refractivity contribution in [3.05, 3.63) is 36.0 Å². The minimum absolute atomic E-state index is 0.382. The smallest absolute Gasteiger partial charge is 0.232 e. The van der Waals surface area contributed by atoms with Gasteiger partial charge >= 0.3 is 0 Å². The van der Waals surface area contributed by atoms with Crippen molar-refractivity contribution < 1.29 is 4.74 Å². The van der Waals surface area contributed by atoms with Crippen LogP contribution >= 0.6 is 34.8 Å². The second kappa shape index (κ2) is 6.79. The van der Waals surface area contributed by atoms with Crippen LogP contribution in [0.5, 0.6) is 5.75 Å². The Balaban J connectivity index is 1.82. The fourth-order valence-corrected chi connectivity index (χ4v) is 2.99. The van der Waals surface area contributed by atoms with Crippen LogP contribution in [0, 0.1) is 0 Å². The van der Waals surface area contributed by atoms with Crippen LogP contribution < -0.4 is 4.74 Å². The Bertz CT molecular complexity index is 651. The molecular weight excluding hydrogens is 343 g/mol. The van der Waals surface area contributed by atoms with Crippen molar-refractivity contribution in [1.82, 2.24) is 9.88 Å². The van der Waals surface area contributed by atoms with Crippen molar-refractivity contribution in [2.24, 2.45) is 0 Å². The lowest BCUT2D eigenvalue weighted by atomic mass is 10.2. The number of fused-ring (bicyclic) bond motifs is 1. The Labute approximate surface area is 145 Å². The van der Waals surface area contributed by atoms with Gasteiger partial charge in [0.2, 0.25) is 3.79 Å². The highest BCUT2D eigenvalue weighted by atomic mass is 35.6. The van der Waals surface area contributed by atoms with E-state index in [9.17, 15) is 0 Å². The first-order valence-corrected chi connectivity index (χ1v) is 8.49. The monoisotopic (exact) mass is 358 g/mol. The number of halogens is 3. The van der Waals surface area contributed by atoms with E-state index in [1.807, 2.05) is 24.3 Å². The predicted octanol–water partition coefficient (Wildman–Crippen LogP) is 4.54. The fraction of sp³-hybridized carbons (Fsp3) is 0.438. The third-order valence-corrected chi connectivity index (χ3v) is 4.41. The van der Waals surface area contributed by atoms with Gasteiger partial charge in [0, 0.05) is 18.0 Å². The number of para-hydroxylation sites is 1. The van der Waals surface area contributed by atoms with Crippen LogP contribution in [0.15, 0.2) is 30.3 Å². The molecule has 2 aromatic rings. The molecule has 0 amide bonds. The summed E-state index contributed by atoms with van der Waals surface area (Å²) in [5, 5.41) is 0.932. The zero-order chi connectivity index (χ0) is 15.6. The van der Waals surface area contributed by atoms with Crippen LogP contribution in [-0.4, -0.2) is 36.1 Å². The van der Waals surface area contributed by atoms with Crippen LogP contribution in [-0.2, 0) is 3.79 Å². The number of pyridine rings is 1. The summed E-state index contributed by atoms with van der Waals surface area (Å²) in [7, 11) is 0. The first kappa shape index (κ1) is 16.1. The maximum Gasteiger partial charge on any atom is 0.232 e. The highest BCUT2D eigenvalue weighted by Gasteiger charge is 2.26. The zero-order valence-electron chi connectivity index (χ0n) is 12.1. The van der Waals surface area contributed by atoms with Gasteiger partial charge < -0.3 is 4.74 Å². The Morgan fingerprint density at radius 3 is 2.59 bits per heavy atom. The summed E-state index contributed by atoms with van der Waals surface area (Å²) in [5.41, 5.74) is 1.15. The third-order valence-electron chi connectivity index (χ3n) is 3.83. The molecule has 0 radical (unpaired) electrons. The second-order valence-electron chi connectivity index (χ2n) is 5.42. The van der Waals surface area contributed by atoms with Gasteiger partial charge in [-0.3, -0.25) is 4.90 Å². The average Bonchev–Trinajstić information content (AvgIpc) is 2.99. The molecule has 2 heterocycles. The van der Waals surface area contributed by atoms with Gasteiger partial charge in [0.05, 0.1) is 11.2 Å². The molecule has 0 aliphatic carbocycles. The lowest BCUT2D eigenvalue weighted by Crippen LogP contribution is -2.25. The topological polar surface area (TPSA) is 25.4 Å². The summed E-state index contributed by atoms with van der Waals surface area (Å²) in [6.45, 7) is 3.84. The fourth-order valence-electron chi connectivity index (χ4n) is 2.70. The largest absolute Gasteiger partial charge is 0.491 e. The Hall–Kier alpha value is -0.740. The zero-order valence-corrected chi connectivity index (χ0v) is 14.3. The van der Waals surface area contributed by atoms with Crippen LogP contribution in [0.1, 0.15) is 18.5 Å². The standard InChI is InChI=1S/C16H17Cl3N2O/c17-16(18,19)15-11-14(12-5-1-2-6-13(12)20-15)22-10-9-21-7-3-4-8-21/h1-2,5-6,11H,3-4,7-10H2. The molecule has 22 heavy (non-hydrogen) atoms. The van der Waals surface area contributed by atoms with Gasteiger partial charge in [-0.2, -0.15) is 0 Å². The minimum atomic E-state index is -1.56. The van der Waals surface area contributed by atoms with Crippen LogP contribution in [0.2, 0.25) is 0 Å². The molecule has 0 atom stereocenters. The molecule has 0 unspecified atom stereocenters. The molecule has 0 bridgehead atoms. The van der Waals surface area contributed by atoms with Gasteiger partial charge in [-0.1, -0.05) is 46.9 Å². The molecule has 1 aliphatic heterocycles. The maximum absolute atomic E-state index is 5.97. The lowest BCUT2D eigenvalue weighted by molar-refractivity contribution is 0.239. The quantitative estimate of drug-likeness (QED) is 0.750. The van der Waals surface area contributed by atoms with E-state index in [4.69, 9.17) is 39.5 Å². The van der Waals surface area contributed by atoms with Crippen molar-refractivity contribution in [2.75, 3.05) is 26.2 Å². The Kier molecular flexibility index (Phi) is 4.98. The molecule has 1 fully saturated rings. The number of ether oxygens (including phenoxy) is 1. The second-order valence-corrected chi connectivity index (χ2v) is 7.70. The normalized spacial score (nSPS) is 16.3. The summed E-state index contributed by atoms with van der Waals surface area (Å²) in [6.07, 6.45) is 2.55. The molecule has 0 N–H and O–H groups in total. The van der Waals surface area contributed by atoms with E-state index in [0.29, 0.717) is 18.1 Å². The molecule has 1 saturated heterocycles. The highest BCUT2D eigenvalue weighted by Crippen LogP contribution is 2.40. The molecule has 118 valence electrons. The Morgan fingerprint density at radius 2 is 1.86 bits per heavy atom. The van der Waals surface area contributed by atoms with E-state index in [-0.39, 0.29) is 0 Å². The number of rotatable bonds is 4. The SMILES string of the molecule is ClC(Cl)(Cl)c1cc(OCCN2CCCC2)c2ccccc2n1. The number of nitrogens with zero attached hydrogens (tertiary/aromatic N) is 2. The van der Waals surface area contributed by atoms with Gasteiger partial charge in [-0.25, -0.2) is 4.98 Å². The number of aromatic nitrogens is 1. The number of likely N-dealkylation sites (tertiary alicyclic amines) is 1. The molecule has 0 spiro atoms. The van der Waals surface area contributed by atoms with Crippen LogP contribution in [0.3, 0.4) is 0 Å². The molecule has 1 aromatic heterocycles. The van der Waals surface area contributed by atoms with Gasteiger partial charge in [0.25, 0.3) is 0 Å². The first-order valence-electron chi connectivity index (χ1n) is 7.36. The van der Waals surface area contributed by atoms with E-state index in [1.54, 1.807) is 6.07 Å². The van der Waals surface area contributed by atoms with Gasteiger partial charge in [0.1, 0.15) is 12.4 Å². The average molecular weight is 360 g/mol. The summed E-state index contributed by atoms with van der Waals surface area (Å²) in [4.78, 5) is 6.81. The van der Waals surface area contributed by atoms with Gasteiger partial charge in [0.15, 0.2) is 0 Å². The molecular formula is C16H17Cl3N2O. The van der Waals surface area contributed by atoms with E-state index in [1.165, 1.54) is 12.8 Å². The van der Waals surface area contributed by atoms with Gasteiger partial charge in [-0.15, -0.1) is 0 Å². The molecule has 3 rings (SSSR count). The molecule has 3 nitrogen and oxygen atoms in total. The molecule has 1 aliphatic rings.